The predicted molar refractivity (Wildman–Crippen MR) is 62.1 cm³/mol. The third-order valence-corrected chi connectivity index (χ3v) is 2.85. The molecule has 1 atom stereocenters. The van der Waals surface area contributed by atoms with E-state index in [-0.39, 0.29) is 12.0 Å². The molecule has 0 radical (unpaired) electrons. The molecule has 1 aliphatic rings. The van der Waals surface area contributed by atoms with Crippen LogP contribution in [0.3, 0.4) is 0 Å². The van der Waals surface area contributed by atoms with Gasteiger partial charge in [0.05, 0.1) is 17.1 Å². The molecule has 0 bridgehead atoms. The summed E-state index contributed by atoms with van der Waals surface area (Å²) in [6, 6.07) is 4.84. The minimum Gasteiger partial charge on any atom is -0.464 e. The van der Waals surface area contributed by atoms with Gasteiger partial charge in [-0.25, -0.2) is 0 Å². The molecule has 1 heterocycles. The van der Waals surface area contributed by atoms with E-state index in [9.17, 15) is 10.1 Å². The van der Waals surface area contributed by atoms with Crippen LogP contribution in [-0.2, 0) is 4.74 Å². The number of hydrogen-bond donors (Lipinski definition) is 0. The number of hydrogen-bond acceptors (Lipinski definition) is 4. The van der Waals surface area contributed by atoms with Crippen molar-refractivity contribution in [3.05, 3.63) is 33.9 Å². The number of benzene rings is 1. The Morgan fingerprint density at radius 2 is 2.29 bits per heavy atom. The lowest BCUT2D eigenvalue weighted by Crippen LogP contribution is -2.25. The van der Waals surface area contributed by atoms with E-state index in [1.807, 2.05) is 0 Å². The van der Waals surface area contributed by atoms with Gasteiger partial charge in [-0.1, -0.05) is 6.07 Å². The molecule has 0 N–H and O–H groups in total. The average molecular weight is 237 g/mol. The van der Waals surface area contributed by atoms with Gasteiger partial charge in [0.15, 0.2) is 6.29 Å². The molecular weight excluding hydrogens is 222 g/mol. The molecule has 1 saturated heterocycles. The monoisotopic (exact) mass is 237 g/mol. The first-order valence-electron chi connectivity index (χ1n) is 5.71. The number of nitro benzene ring substituents is 1. The van der Waals surface area contributed by atoms with Gasteiger partial charge in [0, 0.05) is 12.5 Å². The highest BCUT2D eigenvalue weighted by Gasteiger charge is 2.19. The molecule has 1 aliphatic heterocycles. The third-order valence-electron chi connectivity index (χ3n) is 2.85. The maximum atomic E-state index is 10.8. The lowest BCUT2D eigenvalue weighted by Gasteiger charge is -2.24. The molecule has 1 aromatic carbocycles. The molecule has 1 unspecified atom stereocenters. The molecule has 2 rings (SSSR count). The highest BCUT2D eigenvalue weighted by atomic mass is 16.7. The van der Waals surface area contributed by atoms with Gasteiger partial charge in [0.25, 0.3) is 5.69 Å². The Labute approximate surface area is 99.5 Å². The van der Waals surface area contributed by atoms with E-state index in [0.717, 1.165) is 19.3 Å². The largest absolute Gasteiger partial charge is 0.464 e. The summed E-state index contributed by atoms with van der Waals surface area (Å²) in [5, 5.41) is 10.8. The zero-order valence-corrected chi connectivity index (χ0v) is 9.72. The molecule has 1 aromatic rings. The summed E-state index contributed by atoms with van der Waals surface area (Å²) in [6.07, 6.45) is 2.68. The molecule has 5 heteroatoms. The minimum atomic E-state index is -0.399. The van der Waals surface area contributed by atoms with E-state index >= 15 is 0 Å². The maximum absolute atomic E-state index is 10.8. The van der Waals surface area contributed by atoms with Crippen LogP contribution in [0.2, 0.25) is 0 Å². The Morgan fingerprint density at radius 1 is 1.47 bits per heavy atom. The summed E-state index contributed by atoms with van der Waals surface area (Å²) >= 11 is 0. The molecule has 5 nitrogen and oxygen atoms in total. The number of nitro groups is 1. The Hall–Kier alpha value is -1.62. The van der Waals surface area contributed by atoms with E-state index in [2.05, 4.69) is 0 Å². The van der Waals surface area contributed by atoms with Crippen LogP contribution in [0.4, 0.5) is 5.69 Å². The smallest absolute Gasteiger partial charge is 0.276 e. The zero-order valence-electron chi connectivity index (χ0n) is 9.72. The Balaban J connectivity index is 2.15. The third kappa shape index (κ3) is 2.74. The summed E-state index contributed by atoms with van der Waals surface area (Å²) in [7, 11) is 0. The molecule has 0 amide bonds. The standard InChI is InChI=1S/C12H15NO4/c1-9-10(13(14)15)5-4-6-11(9)17-12-7-2-3-8-16-12/h4-6,12H,2-3,7-8H2,1H3. The van der Waals surface area contributed by atoms with E-state index in [0.29, 0.717) is 17.9 Å². The molecule has 0 spiro atoms. The van der Waals surface area contributed by atoms with Crippen molar-refractivity contribution in [2.75, 3.05) is 6.61 Å². The van der Waals surface area contributed by atoms with Crippen molar-refractivity contribution in [3.63, 3.8) is 0 Å². The van der Waals surface area contributed by atoms with Crippen molar-refractivity contribution in [1.29, 1.82) is 0 Å². The van der Waals surface area contributed by atoms with Crippen LogP contribution in [0, 0.1) is 17.0 Å². The maximum Gasteiger partial charge on any atom is 0.276 e. The van der Waals surface area contributed by atoms with Crippen molar-refractivity contribution >= 4 is 5.69 Å². The fraction of sp³-hybridized carbons (Fsp3) is 0.500. The van der Waals surface area contributed by atoms with Crippen LogP contribution in [0.1, 0.15) is 24.8 Å². The second-order valence-electron chi connectivity index (χ2n) is 4.07. The van der Waals surface area contributed by atoms with E-state index in [1.165, 1.54) is 6.07 Å². The SMILES string of the molecule is Cc1c(OC2CCCCO2)cccc1[N+](=O)[O-]. The van der Waals surface area contributed by atoms with Crippen LogP contribution in [0.25, 0.3) is 0 Å². The predicted octanol–water partition coefficient (Wildman–Crippen LogP) is 2.81. The number of ether oxygens (including phenoxy) is 2. The van der Waals surface area contributed by atoms with E-state index in [1.54, 1.807) is 19.1 Å². The first kappa shape index (κ1) is 11.9. The van der Waals surface area contributed by atoms with Gasteiger partial charge in [-0.2, -0.15) is 0 Å². The average Bonchev–Trinajstić information content (AvgIpc) is 2.33. The lowest BCUT2D eigenvalue weighted by atomic mass is 10.1. The molecule has 92 valence electrons. The van der Waals surface area contributed by atoms with E-state index < -0.39 is 4.92 Å². The fourth-order valence-corrected chi connectivity index (χ4v) is 1.87. The first-order chi connectivity index (χ1) is 8.18. The molecule has 1 fully saturated rings. The van der Waals surface area contributed by atoms with Crippen molar-refractivity contribution in [3.8, 4) is 5.75 Å². The van der Waals surface area contributed by atoms with Gasteiger partial charge in [0.2, 0.25) is 0 Å². The van der Waals surface area contributed by atoms with Gasteiger partial charge in [-0.3, -0.25) is 10.1 Å². The van der Waals surface area contributed by atoms with Crippen molar-refractivity contribution < 1.29 is 14.4 Å². The van der Waals surface area contributed by atoms with Crippen molar-refractivity contribution in [2.45, 2.75) is 32.5 Å². The van der Waals surface area contributed by atoms with Gasteiger partial charge in [-0.15, -0.1) is 0 Å². The molecule has 0 aliphatic carbocycles. The van der Waals surface area contributed by atoms with Gasteiger partial charge < -0.3 is 9.47 Å². The first-order valence-corrected chi connectivity index (χ1v) is 5.71. The van der Waals surface area contributed by atoms with Gasteiger partial charge >= 0.3 is 0 Å². The highest BCUT2D eigenvalue weighted by molar-refractivity contribution is 5.48. The van der Waals surface area contributed by atoms with Gasteiger partial charge in [0.1, 0.15) is 5.75 Å². The topological polar surface area (TPSA) is 61.6 Å². The molecular formula is C12H15NO4. The summed E-state index contributed by atoms with van der Waals surface area (Å²) in [6.45, 7) is 2.38. The lowest BCUT2D eigenvalue weighted by molar-refractivity contribution is -0.385. The number of rotatable bonds is 3. The Bertz CT molecular complexity index is 413. The molecule has 0 saturated carbocycles. The minimum absolute atomic E-state index is 0.0818. The van der Waals surface area contributed by atoms with E-state index in [4.69, 9.17) is 9.47 Å². The van der Waals surface area contributed by atoms with Crippen molar-refractivity contribution in [2.24, 2.45) is 0 Å². The fourth-order valence-electron chi connectivity index (χ4n) is 1.87. The van der Waals surface area contributed by atoms with Gasteiger partial charge in [-0.05, 0) is 25.8 Å². The van der Waals surface area contributed by atoms with Crippen LogP contribution < -0.4 is 4.74 Å². The molecule has 0 aromatic heterocycles. The zero-order chi connectivity index (χ0) is 12.3. The van der Waals surface area contributed by atoms with Crippen molar-refractivity contribution in [1.82, 2.24) is 0 Å². The summed E-state index contributed by atoms with van der Waals surface area (Å²) in [5.41, 5.74) is 0.630. The van der Waals surface area contributed by atoms with Crippen LogP contribution in [0.15, 0.2) is 18.2 Å². The normalized spacial score (nSPS) is 19.9. The number of nitrogens with zero attached hydrogens (tertiary/aromatic N) is 1. The van der Waals surface area contributed by atoms with Crippen LogP contribution in [0.5, 0.6) is 5.75 Å². The highest BCUT2D eigenvalue weighted by Crippen LogP contribution is 2.29. The van der Waals surface area contributed by atoms with Crippen LogP contribution >= 0.6 is 0 Å². The Morgan fingerprint density at radius 3 is 2.94 bits per heavy atom. The Kier molecular flexibility index (Phi) is 3.58. The quantitative estimate of drug-likeness (QED) is 0.599. The second kappa shape index (κ2) is 5.14. The summed E-state index contributed by atoms with van der Waals surface area (Å²) in [4.78, 5) is 10.4. The summed E-state index contributed by atoms with van der Waals surface area (Å²) in [5.74, 6) is 0.533. The van der Waals surface area contributed by atoms with Crippen LogP contribution in [-0.4, -0.2) is 17.8 Å². The molecule has 17 heavy (non-hydrogen) atoms. The summed E-state index contributed by atoms with van der Waals surface area (Å²) < 4.78 is 11.1. The second-order valence-corrected chi connectivity index (χ2v) is 4.07.